The van der Waals surface area contributed by atoms with Crippen LogP contribution in [0.5, 0.6) is 5.75 Å². The Morgan fingerprint density at radius 1 is 0.914 bits per heavy atom. The number of sulfonamides is 1. The van der Waals surface area contributed by atoms with Crippen LogP contribution in [0.2, 0.25) is 0 Å². The fourth-order valence-corrected chi connectivity index (χ4v) is 6.39. The minimum Gasteiger partial charge on any atom is -0.492 e. The molecule has 3 aromatic carbocycles. The molecule has 3 aromatic rings. The van der Waals surface area contributed by atoms with Crippen molar-refractivity contribution in [2.75, 3.05) is 24.6 Å². The zero-order valence-electron chi connectivity index (χ0n) is 19.2. The molecule has 5 rings (SSSR count). The van der Waals surface area contributed by atoms with Gasteiger partial charge in [0.1, 0.15) is 12.4 Å². The van der Waals surface area contributed by atoms with Gasteiger partial charge in [0.05, 0.1) is 22.2 Å². The average Bonchev–Trinajstić information content (AvgIpc) is 3.46. The van der Waals surface area contributed by atoms with Crippen molar-refractivity contribution in [3.05, 3.63) is 90.0 Å². The maximum atomic E-state index is 13.5. The van der Waals surface area contributed by atoms with Crippen LogP contribution in [0.15, 0.2) is 83.8 Å². The van der Waals surface area contributed by atoms with Gasteiger partial charge in [-0.3, -0.25) is 9.59 Å². The van der Waals surface area contributed by atoms with Crippen molar-refractivity contribution in [2.24, 2.45) is 0 Å². The molecule has 35 heavy (non-hydrogen) atoms. The molecule has 1 fully saturated rings. The van der Waals surface area contributed by atoms with Gasteiger partial charge in [-0.2, -0.15) is 4.31 Å². The quantitative estimate of drug-likeness (QED) is 0.450. The van der Waals surface area contributed by atoms with Crippen molar-refractivity contribution in [1.29, 1.82) is 0 Å². The van der Waals surface area contributed by atoms with Gasteiger partial charge in [-0.15, -0.1) is 0 Å². The first-order chi connectivity index (χ1) is 16.9. The number of amides is 1. The van der Waals surface area contributed by atoms with Crippen molar-refractivity contribution in [3.63, 3.8) is 0 Å². The van der Waals surface area contributed by atoms with Crippen LogP contribution >= 0.6 is 0 Å². The molecule has 0 aliphatic carbocycles. The van der Waals surface area contributed by atoms with Crippen LogP contribution in [-0.2, 0) is 21.2 Å². The Morgan fingerprint density at radius 3 is 2.37 bits per heavy atom. The molecule has 0 spiro atoms. The molecule has 2 heterocycles. The Bertz CT molecular complexity index is 1340. The zero-order valence-corrected chi connectivity index (χ0v) is 20.0. The summed E-state index contributed by atoms with van der Waals surface area (Å²) >= 11 is 0. The molecule has 0 aromatic heterocycles. The maximum absolute atomic E-state index is 13.5. The number of hydrogen-bond donors (Lipinski definition) is 0. The minimum absolute atomic E-state index is 0.0221. The van der Waals surface area contributed by atoms with E-state index in [9.17, 15) is 18.0 Å². The number of ether oxygens (including phenoxy) is 1. The molecule has 180 valence electrons. The van der Waals surface area contributed by atoms with E-state index in [1.165, 1.54) is 21.3 Å². The van der Waals surface area contributed by atoms with Crippen LogP contribution in [0.25, 0.3) is 0 Å². The standard InChI is InChI=1S/C27H26N2O5S/c30-26-24-18-23(13-14-25(24)28(27(26)31)17-15-20-8-3-1-4-9-20)35(32,33)29-16-7-10-21(29)19-34-22-11-5-2-6-12-22/h1-6,8-9,11-14,18,21H,7,10,15-17,19H2/t21-/m0/s1. The Hall–Kier alpha value is -3.49. The van der Waals surface area contributed by atoms with Gasteiger partial charge in [-0.25, -0.2) is 8.42 Å². The van der Waals surface area contributed by atoms with Crippen LogP contribution in [0.3, 0.4) is 0 Å². The monoisotopic (exact) mass is 490 g/mol. The lowest BCUT2D eigenvalue weighted by molar-refractivity contribution is -0.114. The molecule has 1 atom stereocenters. The van der Waals surface area contributed by atoms with Gasteiger partial charge >= 0.3 is 0 Å². The zero-order chi connectivity index (χ0) is 24.4. The van der Waals surface area contributed by atoms with Crippen LogP contribution in [0.4, 0.5) is 5.69 Å². The number of ketones is 1. The largest absolute Gasteiger partial charge is 0.492 e. The second-order valence-electron chi connectivity index (χ2n) is 8.74. The van der Waals surface area contributed by atoms with E-state index in [0.717, 1.165) is 12.0 Å². The number of nitrogens with zero attached hydrogens (tertiary/aromatic N) is 2. The first-order valence-electron chi connectivity index (χ1n) is 11.7. The number of rotatable bonds is 8. The van der Waals surface area contributed by atoms with Crippen molar-refractivity contribution in [3.8, 4) is 5.75 Å². The molecule has 0 saturated carbocycles. The van der Waals surface area contributed by atoms with Gasteiger partial charge in [0.2, 0.25) is 10.0 Å². The smallest absolute Gasteiger partial charge is 0.299 e. The minimum atomic E-state index is -3.86. The summed E-state index contributed by atoms with van der Waals surface area (Å²) < 4.78 is 34.3. The lowest BCUT2D eigenvalue weighted by Crippen LogP contribution is -2.39. The summed E-state index contributed by atoms with van der Waals surface area (Å²) in [6, 6.07) is 23.1. The van der Waals surface area contributed by atoms with E-state index in [4.69, 9.17) is 4.74 Å². The number of anilines is 1. The molecule has 2 aliphatic heterocycles. The van der Waals surface area contributed by atoms with Gasteiger partial charge in [-0.1, -0.05) is 48.5 Å². The van der Waals surface area contributed by atoms with E-state index in [1.54, 1.807) is 6.07 Å². The molecule has 0 radical (unpaired) electrons. The Morgan fingerprint density at radius 2 is 1.63 bits per heavy atom. The summed E-state index contributed by atoms with van der Waals surface area (Å²) in [7, 11) is -3.86. The molecular formula is C27H26N2O5S. The maximum Gasteiger partial charge on any atom is 0.299 e. The van der Waals surface area contributed by atoms with E-state index in [1.807, 2.05) is 60.7 Å². The van der Waals surface area contributed by atoms with Crippen molar-refractivity contribution < 1.29 is 22.7 Å². The highest BCUT2D eigenvalue weighted by Crippen LogP contribution is 2.34. The topological polar surface area (TPSA) is 84.0 Å². The molecule has 8 heteroatoms. The van der Waals surface area contributed by atoms with Gasteiger partial charge in [-0.05, 0) is 55.2 Å². The van der Waals surface area contributed by atoms with Gasteiger partial charge in [0, 0.05) is 13.1 Å². The number of fused-ring (bicyclic) bond motifs is 1. The van der Waals surface area contributed by atoms with Gasteiger partial charge in [0.15, 0.2) is 0 Å². The predicted octanol–water partition coefficient (Wildman–Crippen LogP) is 3.69. The van der Waals surface area contributed by atoms with E-state index in [2.05, 4.69) is 0 Å². The SMILES string of the molecule is O=C1C(=O)N(CCc2ccccc2)c2ccc(S(=O)(=O)N3CCC[C@H]3COc3ccccc3)cc21. The third kappa shape index (κ3) is 4.59. The number of benzene rings is 3. The number of hydrogen-bond acceptors (Lipinski definition) is 5. The number of para-hydroxylation sites is 1. The predicted molar refractivity (Wildman–Crippen MR) is 132 cm³/mol. The van der Waals surface area contributed by atoms with Crippen LogP contribution in [0, 0.1) is 0 Å². The first kappa shape index (κ1) is 23.3. The molecule has 0 bridgehead atoms. The molecular weight excluding hydrogens is 464 g/mol. The Labute approximate surface area is 205 Å². The fourth-order valence-electron chi connectivity index (χ4n) is 4.68. The summed E-state index contributed by atoms with van der Waals surface area (Å²) in [5.41, 5.74) is 1.65. The highest BCUT2D eigenvalue weighted by atomic mass is 32.2. The van der Waals surface area contributed by atoms with Gasteiger partial charge in [0.25, 0.3) is 11.7 Å². The molecule has 7 nitrogen and oxygen atoms in total. The Kier molecular flexibility index (Phi) is 6.40. The number of Topliss-reactive ketones (excluding diaryl/α,β-unsaturated/α-hetero) is 1. The van der Waals surface area contributed by atoms with Crippen LogP contribution in [-0.4, -0.2) is 50.2 Å². The second-order valence-corrected chi connectivity index (χ2v) is 10.6. The average molecular weight is 491 g/mol. The first-order valence-corrected chi connectivity index (χ1v) is 13.1. The lowest BCUT2D eigenvalue weighted by atomic mass is 10.1. The molecule has 2 aliphatic rings. The van der Waals surface area contributed by atoms with E-state index >= 15 is 0 Å². The summed E-state index contributed by atoms with van der Waals surface area (Å²) in [6.45, 7) is 0.982. The molecule has 0 N–H and O–H groups in total. The van der Waals surface area contributed by atoms with E-state index in [-0.39, 0.29) is 23.1 Å². The summed E-state index contributed by atoms with van der Waals surface area (Å²) in [5.74, 6) is -0.606. The van der Waals surface area contributed by atoms with Crippen molar-refractivity contribution in [1.82, 2.24) is 4.31 Å². The lowest BCUT2D eigenvalue weighted by Gasteiger charge is -2.24. The highest BCUT2D eigenvalue weighted by Gasteiger charge is 2.39. The van der Waals surface area contributed by atoms with Crippen molar-refractivity contribution in [2.45, 2.75) is 30.2 Å². The van der Waals surface area contributed by atoms with E-state index in [0.29, 0.717) is 37.4 Å². The summed E-state index contributed by atoms with van der Waals surface area (Å²) in [4.78, 5) is 26.9. The van der Waals surface area contributed by atoms with E-state index < -0.39 is 21.7 Å². The molecule has 0 unspecified atom stereocenters. The molecule has 1 amide bonds. The van der Waals surface area contributed by atoms with Crippen LogP contribution < -0.4 is 9.64 Å². The van der Waals surface area contributed by atoms with Crippen molar-refractivity contribution >= 4 is 27.4 Å². The highest BCUT2D eigenvalue weighted by molar-refractivity contribution is 7.89. The Balaban J connectivity index is 1.34. The number of carbonyl (C=O) groups is 2. The fraction of sp³-hybridized carbons (Fsp3) is 0.259. The third-order valence-corrected chi connectivity index (χ3v) is 8.47. The third-order valence-electron chi connectivity index (χ3n) is 6.53. The second kappa shape index (κ2) is 9.64. The number of carbonyl (C=O) groups excluding carboxylic acids is 2. The van der Waals surface area contributed by atoms with Crippen LogP contribution in [0.1, 0.15) is 28.8 Å². The van der Waals surface area contributed by atoms with Gasteiger partial charge < -0.3 is 9.64 Å². The summed E-state index contributed by atoms with van der Waals surface area (Å²) in [6.07, 6.45) is 2.02. The summed E-state index contributed by atoms with van der Waals surface area (Å²) in [5, 5.41) is 0. The normalized spacial score (nSPS) is 18.2. The molecule has 1 saturated heterocycles.